The molecule has 82 valence electrons. The van der Waals surface area contributed by atoms with Crippen molar-refractivity contribution in [2.75, 3.05) is 19.0 Å². The van der Waals surface area contributed by atoms with E-state index in [1.807, 2.05) is 12.1 Å². The molecule has 3 nitrogen and oxygen atoms in total. The summed E-state index contributed by atoms with van der Waals surface area (Å²) in [4.78, 5) is 4.20. The highest BCUT2D eigenvalue weighted by Gasteiger charge is 2.31. The van der Waals surface area contributed by atoms with E-state index in [1.165, 1.54) is 12.8 Å². The lowest BCUT2D eigenvalue weighted by atomic mass is 10.2. The highest BCUT2D eigenvalue weighted by atomic mass is 35.5. The summed E-state index contributed by atoms with van der Waals surface area (Å²) in [6, 6.07) is 5.96. The monoisotopic (exact) mass is 226 g/mol. The molecule has 0 aromatic carbocycles. The molecule has 1 unspecified atom stereocenters. The second-order valence-electron chi connectivity index (χ2n) is 3.89. The first-order chi connectivity index (χ1) is 7.29. The van der Waals surface area contributed by atoms with Gasteiger partial charge in [-0.3, -0.25) is 0 Å². The van der Waals surface area contributed by atoms with Crippen LogP contribution in [0.2, 0.25) is 5.15 Å². The number of anilines is 1. The molecule has 15 heavy (non-hydrogen) atoms. The van der Waals surface area contributed by atoms with Crippen LogP contribution in [0.4, 0.5) is 5.82 Å². The van der Waals surface area contributed by atoms with Gasteiger partial charge in [-0.15, -0.1) is 0 Å². The second-order valence-corrected chi connectivity index (χ2v) is 4.28. The van der Waals surface area contributed by atoms with Gasteiger partial charge in [-0.05, 0) is 30.9 Å². The Morgan fingerprint density at radius 3 is 3.00 bits per heavy atom. The van der Waals surface area contributed by atoms with Crippen molar-refractivity contribution >= 4 is 17.4 Å². The Labute approximate surface area is 94.8 Å². The molecule has 1 fully saturated rings. The SMILES string of the molecule is COCC(Nc1cccc(Cl)n1)C1CC1. The number of halogens is 1. The number of hydrogen-bond acceptors (Lipinski definition) is 3. The first kappa shape index (κ1) is 10.7. The summed E-state index contributed by atoms with van der Waals surface area (Å²) in [5, 5.41) is 3.88. The van der Waals surface area contributed by atoms with Crippen molar-refractivity contribution in [1.29, 1.82) is 0 Å². The molecule has 2 rings (SSSR count). The number of methoxy groups -OCH3 is 1. The highest BCUT2D eigenvalue weighted by Crippen LogP contribution is 2.34. The van der Waals surface area contributed by atoms with Gasteiger partial charge in [0.2, 0.25) is 0 Å². The molecular formula is C11H15ClN2O. The van der Waals surface area contributed by atoms with Crippen molar-refractivity contribution in [2.24, 2.45) is 5.92 Å². The molecule has 1 aromatic rings. The maximum Gasteiger partial charge on any atom is 0.131 e. The Morgan fingerprint density at radius 1 is 1.60 bits per heavy atom. The van der Waals surface area contributed by atoms with Gasteiger partial charge in [0.05, 0.1) is 12.6 Å². The second kappa shape index (κ2) is 4.81. The van der Waals surface area contributed by atoms with Crippen LogP contribution in [-0.4, -0.2) is 24.7 Å². The summed E-state index contributed by atoms with van der Waals surface area (Å²) >= 11 is 5.82. The predicted octanol–water partition coefficient (Wildman–Crippen LogP) is 2.57. The summed E-state index contributed by atoms with van der Waals surface area (Å²) in [5.41, 5.74) is 0. The lowest BCUT2D eigenvalue weighted by molar-refractivity contribution is 0.179. The van der Waals surface area contributed by atoms with Gasteiger partial charge in [0.25, 0.3) is 0 Å². The average Bonchev–Trinajstić information content (AvgIpc) is 3.00. The third-order valence-corrected chi connectivity index (χ3v) is 2.80. The smallest absolute Gasteiger partial charge is 0.131 e. The number of aromatic nitrogens is 1. The van der Waals surface area contributed by atoms with Crippen LogP contribution in [0.1, 0.15) is 12.8 Å². The molecule has 1 aliphatic carbocycles. The normalized spacial score (nSPS) is 17.5. The number of nitrogens with one attached hydrogen (secondary N) is 1. The Bertz CT molecular complexity index is 328. The summed E-state index contributed by atoms with van der Waals surface area (Å²) in [5.74, 6) is 1.56. The fourth-order valence-corrected chi connectivity index (χ4v) is 1.82. The molecule has 4 heteroatoms. The van der Waals surface area contributed by atoms with Crippen LogP contribution >= 0.6 is 11.6 Å². The summed E-state index contributed by atoms with van der Waals surface area (Å²) in [6.45, 7) is 0.721. The molecule has 1 aliphatic rings. The Balaban J connectivity index is 1.98. The van der Waals surface area contributed by atoms with Crippen LogP contribution in [0.5, 0.6) is 0 Å². The zero-order valence-electron chi connectivity index (χ0n) is 8.74. The van der Waals surface area contributed by atoms with Crippen LogP contribution in [0.3, 0.4) is 0 Å². The standard InChI is InChI=1S/C11H15ClN2O/c1-15-7-9(8-5-6-8)13-11-4-2-3-10(12)14-11/h2-4,8-9H,5-7H2,1H3,(H,13,14). The zero-order valence-corrected chi connectivity index (χ0v) is 9.50. The molecule has 1 aromatic heterocycles. The minimum Gasteiger partial charge on any atom is -0.383 e. The molecule has 0 aliphatic heterocycles. The highest BCUT2D eigenvalue weighted by molar-refractivity contribution is 6.29. The number of rotatable bonds is 5. The van der Waals surface area contributed by atoms with E-state index >= 15 is 0 Å². The molecular weight excluding hydrogens is 212 g/mol. The first-order valence-electron chi connectivity index (χ1n) is 5.17. The van der Waals surface area contributed by atoms with E-state index in [0.717, 1.165) is 18.3 Å². The van der Waals surface area contributed by atoms with Crippen molar-refractivity contribution in [2.45, 2.75) is 18.9 Å². The van der Waals surface area contributed by atoms with Gasteiger partial charge in [-0.2, -0.15) is 0 Å². The number of nitrogens with zero attached hydrogens (tertiary/aromatic N) is 1. The topological polar surface area (TPSA) is 34.1 Å². The van der Waals surface area contributed by atoms with E-state index in [-0.39, 0.29) is 0 Å². The lowest BCUT2D eigenvalue weighted by Gasteiger charge is -2.17. The van der Waals surface area contributed by atoms with Gasteiger partial charge < -0.3 is 10.1 Å². The van der Waals surface area contributed by atoms with Crippen LogP contribution in [0, 0.1) is 5.92 Å². The van der Waals surface area contributed by atoms with Crippen molar-refractivity contribution < 1.29 is 4.74 Å². The van der Waals surface area contributed by atoms with Gasteiger partial charge >= 0.3 is 0 Å². The third kappa shape index (κ3) is 3.08. The van der Waals surface area contributed by atoms with Crippen LogP contribution < -0.4 is 5.32 Å². The fourth-order valence-electron chi connectivity index (χ4n) is 1.65. The van der Waals surface area contributed by atoms with E-state index in [1.54, 1.807) is 13.2 Å². The van der Waals surface area contributed by atoms with Gasteiger partial charge in [0.1, 0.15) is 11.0 Å². The zero-order chi connectivity index (χ0) is 10.7. The van der Waals surface area contributed by atoms with Gasteiger partial charge in [0, 0.05) is 7.11 Å². The van der Waals surface area contributed by atoms with Crippen molar-refractivity contribution in [1.82, 2.24) is 4.98 Å². The van der Waals surface area contributed by atoms with Gasteiger partial charge in [0.15, 0.2) is 0 Å². The van der Waals surface area contributed by atoms with Crippen molar-refractivity contribution in [3.05, 3.63) is 23.4 Å². The average molecular weight is 227 g/mol. The molecule has 0 spiro atoms. The van der Waals surface area contributed by atoms with Crippen molar-refractivity contribution in [3.63, 3.8) is 0 Å². The lowest BCUT2D eigenvalue weighted by Crippen LogP contribution is -2.27. The molecule has 1 heterocycles. The maximum atomic E-state index is 5.82. The summed E-state index contributed by atoms with van der Waals surface area (Å²) in [7, 11) is 1.72. The van der Waals surface area contributed by atoms with Gasteiger partial charge in [-0.1, -0.05) is 17.7 Å². The van der Waals surface area contributed by atoms with E-state index in [4.69, 9.17) is 16.3 Å². The van der Waals surface area contributed by atoms with Crippen LogP contribution in [0.25, 0.3) is 0 Å². The Morgan fingerprint density at radius 2 is 2.40 bits per heavy atom. The fraction of sp³-hybridized carbons (Fsp3) is 0.545. The summed E-state index contributed by atoms with van der Waals surface area (Å²) < 4.78 is 5.18. The quantitative estimate of drug-likeness (QED) is 0.784. The number of hydrogen-bond donors (Lipinski definition) is 1. The van der Waals surface area contributed by atoms with E-state index < -0.39 is 0 Å². The predicted molar refractivity (Wildman–Crippen MR) is 61.3 cm³/mol. The minimum atomic E-state index is 0.362. The molecule has 0 amide bonds. The van der Waals surface area contributed by atoms with Crippen LogP contribution in [-0.2, 0) is 4.74 Å². The molecule has 0 saturated heterocycles. The first-order valence-corrected chi connectivity index (χ1v) is 5.55. The Kier molecular flexibility index (Phi) is 3.44. The Hall–Kier alpha value is -0.800. The molecule has 1 N–H and O–H groups in total. The molecule has 0 bridgehead atoms. The maximum absolute atomic E-state index is 5.82. The van der Waals surface area contributed by atoms with Crippen LogP contribution in [0.15, 0.2) is 18.2 Å². The van der Waals surface area contributed by atoms with Crippen molar-refractivity contribution in [3.8, 4) is 0 Å². The number of ether oxygens (including phenoxy) is 1. The van der Waals surface area contributed by atoms with E-state index in [2.05, 4.69) is 10.3 Å². The molecule has 1 saturated carbocycles. The van der Waals surface area contributed by atoms with E-state index in [9.17, 15) is 0 Å². The summed E-state index contributed by atoms with van der Waals surface area (Å²) in [6.07, 6.45) is 2.56. The largest absolute Gasteiger partial charge is 0.383 e. The number of pyridine rings is 1. The molecule has 0 radical (unpaired) electrons. The third-order valence-electron chi connectivity index (χ3n) is 2.59. The molecule has 1 atom stereocenters. The minimum absolute atomic E-state index is 0.362. The van der Waals surface area contributed by atoms with E-state index in [0.29, 0.717) is 11.2 Å². The van der Waals surface area contributed by atoms with Gasteiger partial charge in [-0.25, -0.2) is 4.98 Å².